The van der Waals surface area contributed by atoms with Crippen LogP contribution in [0, 0.1) is 0 Å². The highest BCUT2D eigenvalue weighted by Gasteiger charge is 2.27. The van der Waals surface area contributed by atoms with E-state index in [0.717, 1.165) is 25.9 Å². The summed E-state index contributed by atoms with van der Waals surface area (Å²) in [6.07, 6.45) is 2.18. The second-order valence-electron chi connectivity index (χ2n) is 7.90. The zero-order chi connectivity index (χ0) is 20.9. The summed E-state index contributed by atoms with van der Waals surface area (Å²) in [5.74, 6) is -0.0825. The Bertz CT molecular complexity index is 914. The molecule has 4 rings (SSSR count). The Hall–Kier alpha value is -2.99. The maximum atomic E-state index is 13.2. The molecule has 6 heteroatoms. The summed E-state index contributed by atoms with van der Waals surface area (Å²) in [7, 11) is 0. The van der Waals surface area contributed by atoms with Crippen LogP contribution in [0.15, 0.2) is 54.6 Å². The topological polar surface area (TPSA) is 60.9 Å². The third-order valence-corrected chi connectivity index (χ3v) is 5.92. The summed E-state index contributed by atoms with van der Waals surface area (Å²) in [6, 6.07) is 16.0. The van der Waals surface area contributed by atoms with Gasteiger partial charge in [0.15, 0.2) is 5.78 Å². The van der Waals surface area contributed by atoms with Gasteiger partial charge in [0.25, 0.3) is 5.91 Å². The Labute approximate surface area is 177 Å². The zero-order valence-corrected chi connectivity index (χ0v) is 17.1. The van der Waals surface area contributed by atoms with Crippen LogP contribution in [0.2, 0.25) is 0 Å². The number of carbonyl (C=O) groups excluding carboxylic acids is 3. The van der Waals surface area contributed by atoms with Crippen LogP contribution in [0.3, 0.4) is 0 Å². The largest absolute Gasteiger partial charge is 0.342 e. The van der Waals surface area contributed by atoms with Crippen molar-refractivity contribution in [3.63, 3.8) is 0 Å². The van der Waals surface area contributed by atoms with Gasteiger partial charge >= 0.3 is 0 Å². The number of hydrogen-bond acceptors (Lipinski definition) is 4. The van der Waals surface area contributed by atoms with Gasteiger partial charge in [-0.25, -0.2) is 0 Å². The first kappa shape index (κ1) is 20.3. The van der Waals surface area contributed by atoms with Gasteiger partial charge in [0, 0.05) is 50.4 Å². The number of piperazine rings is 1. The minimum Gasteiger partial charge on any atom is -0.342 e. The number of carbonyl (C=O) groups is 3. The predicted octanol–water partition coefficient (Wildman–Crippen LogP) is 2.30. The Balaban J connectivity index is 1.40. The second-order valence-corrected chi connectivity index (χ2v) is 7.90. The molecule has 30 heavy (non-hydrogen) atoms. The second kappa shape index (κ2) is 9.22. The average molecular weight is 405 g/mol. The van der Waals surface area contributed by atoms with Crippen LogP contribution >= 0.6 is 0 Å². The first-order valence-corrected chi connectivity index (χ1v) is 10.6. The number of amides is 2. The lowest BCUT2D eigenvalue weighted by Gasteiger charge is -2.35. The van der Waals surface area contributed by atoms with Gasteiger partial charge in [-0.3, -0.25) is 19.3 Å². The SMILES string of the molecule is O=C(c1ccccc1)c1ccccc1C(=O)N1CCN(CC(=O)N2CCCC2)CC1. The monoisotopic (exact) mass is 405 g/mol. The molecule has 0 radical (unpaired) electrons. The highest BCUT2D eigenvalue weighted by atomic mass is 16.2. The Kier molecular flexibility index (Phi) is 6.23. The molecule has 6 nitrogen and oxygen atoms in total. The average Bonchev–Trinajstić information content (AvgIpc) is 3.34. The van der Waals surface area contributed by atoms with Gasteiger partial charge in [0.2, 0.25) is 5.91 Å². The molecule has 156 valence electrons. The number of ketones is 1. The smallest absolute Gasteiger partial charge is 0.254 e. The molecule has 0 aromatic heterocycles. The van der Waals surface area contributed by atoms with Gasteiger partial charge in [-0.2, -0.15) is 0 Å². The molecule has 0 atom stereocenters. The molecule has 2 heterocycles. The van der Waals surface area contributed by atoms with Gasteiger partial charge in [-0.15, -0.1) is 0 Å². The molecule has 2 fully saturated rings. The molecule has 2 aromatic rings. The summed E-state index contributed by atoms with van der Waals surface area (Å²) < 4.78 is 0. The van der Waals surface area contributed by atoms with E-state index in [0.29, 0.717) is 49.4 Å². The van der Waals surface area contributed by atoms with E-state index in [4.69, 9.17) is 0 Å². The summed E-state index contributed by atoms with van der Waals surface area (Å²) in [5.41, 5.74) is 1.44. The van der Waals surface area contributed by atoms with E-state index in [9.17, 15) is 14.4 Å². The Morgan fingerprint density at radius 1 is 0.667 bits per heavy atom. The molecule has 2 aromatic carbocycles. The van der Waals surface area contributed by atoms with Crippen molar-refractivity contribution in [1.29, 1.82) is 0 Å². The van der Waals surface area contributed by atoms with Crippen molar-refractivity contribution in [3.8, 4) is 0 Å². The molecule has 0 N–H and O–H groups in total. The van der Waals surface area contributed by atoms with Crippen LogP contribution in [-0.4, -0.2) is 78.1 Å². The van der Waals surface area contributed by atoms with Crippen molar-refractivity contribution in [2.45, 2.75) is 12.8 Å². The lowest BCUT2D eigenvalue weighted by molar-refractivity contribution is -0.131. The number of hydrogen-bond donors (Lipinski definition) is 0. The van der Waals surface area contributed by atoms with E-state index < -0.39 is 0 Å². The van der Waals surface area contributed by atoms with Gasteiger partial charge < -0.3 is 9.80 Å². The third kappa shape index (κ3) is 4.44. The van der Waals surface area contributed by atoms with Gasteiger partial charge in [-0.1, -0.05) is 48.5 Å². The molecule has 2 saturated heterocycles. The van der Waals surface area contributed by atoms with E-state index in [-0.39, 0.29) is 17.6 Å². The van der Waals surface area contributed by atoms with Gasteiger partial charge in [-0.05, 0) is 18.9 Å². The van der Waals surface area contributed by atoms with Crippen LogP contribution in [0.25, 0.3) is 0 Å². The van der Waals surface area contributed by atoms with Crippen molar-refractivity contribution in [2.24, 2.45) is 0 Å². The van der Waals surface area contributed by atoms with Crippen LogP contribution in [0.4, 0.5) is 0 Å². The lowest BCUT2D eigenvalue weighted by atomic mass is 9.97. The van der Waals surface area contributed by atoms with E-state index in [1.807, 2.05) is 23.1 Å². The summed E-state index contributed by atoms with van der Waals surface area (Å²) in [6.45, 7) is 4.60. The van der Waals surface area contributed by atoms with Crippen molar-refractivity contribution >= 4 is 17.6 Å². The molecular weight excluding hydrogens is 378 g/mol. The lowest BCUT2D eigenvalue weighted by Crippen LogP contribution is -2.51. The molecular formula is C24H27N3O3. The molecule has 2 amide bonds. The van der Waals surface area contributed by atoms with Gasteiger partial charge in [0.05, 0.1) is 12.1 Å². The summed E-state index contributed by atoms with van der Waals surface area (Å²) in [5, 5.41) is 0. The maximum absolute atomic E-state index is 13.2. The van der Waals surface area contributed by atoms with E-state index in [1.54, 1.807) is 41.3 Å². The van der Waals surface area contributed by atoms with Gasteiger partial charge in [0.1, 0.15) is 0 Å². The highest BCUT2D eigenvalue weighted by molar-refractivity contribution is 6.15. The van der Waals surface area contributed by atoms with E-state index in [2.05, 4.69) is 4.90 Å². The third-order valence-electron chi connectivity index (χ3n) is 5.92. The molecule has 0 bridgehead atoms. The van der Waals surface area contributed by atoms with Crippen molar-refractivity contribution in [2.75, 3.05) is 45.8 Å². The maximum Gasteiger partial charge on any atom is 0.254 e. The molecule has 0 saturated carbocycles. The van der Waals surface area contributed by atoms with Crippen molar-refractivity contribution < 1.29 is 14.4 Å². The quantitative estimate of drug-likeness (QED) is 0.717. The van der Waals surface area contributed by atoms with Crippen LogP contribution < -0.4 is 0 Å². The fourth-order valence-electron chi connectivity index (χ4n) is 4.15. The zero-order valence-electron chi connectivity index (χ0n) is 17.1. The fraction of sp³-hybridized carbons (Fsp3) is 0.375. The van der Waals surface area contributed by atoms with Crippen LogP contribution in [0.1, 0.15) is 39.1 Å². The molecule has 0 spiro atoms. The Morgan fingerprint density at radius 3 is 1.93 bits per heavy atom. The summed E-state index contributed by atoms with van der Waals surface area (Å²) in [4.78, 5) is 44.3. The van der Waals surface area contributed by atoms with Crippen molar-refractivity contribution in [1.82, 2.24) is 14.7 Å². The number of likely N-dealkylation sites (tertiary alicyclic amines) is 1. The normalized spacial score (nSPS) is 17.2. The molecule has 2 aliphatic heterocycles. The highest BCUT2D eigenvalue weighted by Crippen LogP contribution is 2.18. The molecule has 0 aliphatic carbocycles. The molecule has 0 unspecified atom stereocenters. The van der Waals surface area contributed by atoms with Crippen LogP contribution in [0.5, 0.6) is 0 Å². The summed E-state index contributed by atoms with van der Waals surface area (Å²) >= 11 is 0. The standard InChI is InChI=1S/C24H27N3O3/c28-22(26-12-6-7-13-26)18-25-14-16-27(17-15-25)24(30)21-11-5-4-10-20(21)23(29)19-8-2-1-3-9-19/h1-5,8-11H,6-7,12-18H2. The predicted molar refractivity (Wildman–Crippen MR) is 114 cm³/mol. The number of rotatable bonds is 5. The van der Waals surface area contributed by atoms with Crippen molar-refractivity contribution in [3.05, 3.63) is 71.3 Å². The van der Waals surface area contributed by atoms with E-state index in [1.165, 1.54) is 0 Å². The minimum atomic E-state index is -0.144. The van der Waals surface area contributed by atoms with E-state index >= 15 is 0 Å². The first-order chi connectivity index (χ1) is 14.6. The molecule has 2 aliphatic rings. The minimum absolute atomic E-state index is 0.125. The van der Waals surface area contributed by atoms with Crippen LogP contribution in [-0.2, 0) is 4.79 Å². The fourth-order valence-corrected chi connectivity index (χ4v) is 4.15. The first-order valence-electron chi connectivity index (χ1n) is 10.6. The number of nitrogens with zero attached hydrogens (tertiary/aromatic N) is 3. The Morgan fingerprint density at radius 2 is 1.27 bits per heavy atom. The number of benzene rings is 2.